The van der Waals surface area contributed by atoms with Crippen molar-refractivity contribution in [3.63, 3.8) is 0 Å². The number of aromatic nitrogens is 1. The average Bonchev–Trinajstić information content (AvgIpc) is 2.66. The lowest BCUT2D eigenvalue weighted by Gasteiger charge is -2.26. The lowest BCUT2D eigenvalue weighted by molar-refractivity contribution is 0.280. The predicted molar refractivity (Wildman–Crippen MR) is 72.0 cm³/mol. The third kappa shape index (κ3) is 2.09. The zero-order valence-corrected chi connectivity index (χ0v) is 10.2. The van der Waals surface area contributed by atoms with Crippen LogP contribution < -0.4 is 5.73 Å². The molecule has 90 valence electrons. The van der Waals surface area contributed by atoms with Gasteiger partial charge in [-0.05, 0) is 60.9 Å². The zero-order chi connectivity index (χ0) is 11.7. The van der Waals surface area contributed by atoms with E-state index in [1.54, 1.807) is 0 Å². The predicted octanol–water partition coefficient (Wildman–Crippen LogP) is 2.94. The van der Waals surface area contributed by atoms with Crippen LogP contribution in [0.15, 0.2) is 30.5 Å². The van der Waals surface area contributed by atoms with Gasteiger partial charge >= 0.3 is 0 Å². The van der Waals surface area contributed by atoms with E-state index in [2.05, 4.69) is 35.0 Å². The van der Waals surface area contributed by atoms with Crippen molar-refractivity contribution in [3.8, 4) is 0 Å². The standard InChI is InChI=1S/C15H20N2/c16-8-6-12-4-5-15-14(10-12)7-9-17(15)11-13-2-1-3-13/h4-5,7,9-10,13H,1-3,6,8,11,16H2. The van der Waals surface area contributed by atoms with Gasteiger partial charge in [-0.15, -0.1) is 0 Å². The molecular weight excluding hydrogens is 208 g/mol. The minimum absolute atomic E-state index is 0.730. The Morgan fingerprint density at radius 2 is 2.12 bits per heavy atom. The summed E-state index contributed by atoms with van der Waals surface area (Å²) in [6.07, 6.45) is 7.44. The van der Waals surface area contributed by atoms with E-state index in [1.165, 1.54) is 42.3 Å². The zero-order valence-electron chi connectivity index (χ0n) is 10.2. The van der Waals surface area contributed by atoms with Crippen molar-refractivity contribution in [1.82, 2.24) is 4.57 Å². The molecule has 1 aromatic carbocycles. The molecule has 2 aromatic rings. The van der Waals surface area contributed by atoms with Gasteiger partial charge in [-0.3, -0.25) is 0 Å². The van der Waals surface area contributed by atoms with Crippen molar-refractivity contribution in [3.05, 3.63) is 36.0 Å². The summed E-state index contributed by atoms with van der Waals surface area (Å²) in [5.41, 5.74) is 8.32. The van der Waals surface area contributed by atoms with Gasteiger partial charge in [0.1, 0.15) is 0 Å². The topological polar surface area (TPSA) is 30.9 Å². The quantitative estimate of drug-likeness (QED) is 0.857. The summed E-state index contributed by atoms with van der Waals surface area (Å²) in [4.78, 5) is 0. The highest BCUT2D eigenvalue weighted by atomic mass is 15.0. The van der Waals surface area contributed by atoms with Gasteiger partial charge in [0, 0.05) is 18.3 Å². The van der Waals surface area contributed by atoms with E-state index in [4.69, 9.17) is 5.73 Å². The molecule has 2 N–H and O–H groups in total. The van der Waals surface area contributed by atoms with Crippen LogP contribution in [0.1, 0.15) is 24.8 Å². The van der Waals surface area contributed by atoms with Crippen molar-refractivity contribution in [1.29, 1.82) is 0 Å². The third-order valence-corrected chi connectivity index (χ3v) is 3.95. The summed E-state index contributed by atoms with van der Waals surface area (Å²) in [6, 6.07) is 8.97. The maximum absolute atomic E-state index is 5.60. The third-order valence-electron chi connectivity index (χ3n) is 3.95. The molecule has 0 amide bonds. The van der Waals surface area contributed by atoms with Crippen molar-refractivity contribution < 1.29 is 0 Å². The molecule has 1 saturated carbocycles. The Bertz CT molecular complexity index is 509. The molecule has 1 aliphatic rings. The number of nitrogens with two attached hydrogens (primary N) is 1. The summed E-state index contributed by atoms with van der Waals surface area (Å²) in [5.74, 6) is 0.911. The van der Waals surface area contributed by atoms with Gasteiger partial charge in [0.25, 0.3) is 0 Å². The first-order valence-electron chi connectivity index (χ1n) is 6.64. The molecule has 1 heterocycles. The lowest BCUT2D eigenvalue weighted by atomic mass is 9.85. The van der Waals surface area contributed by atoms with Crippen molar-refractivity contribution in [2.24, 2.45) is 11.7 Å². The molecule has 0 spiro atoms. The van der Waals surface area contributed by atoms with E-state index in [0.29, 0.717) is 0 Å². The molecule has 17 heavy (non-hydrogen) atoms. The van der Waals surface area contributed by atoms with Crippen LogP contribution in [0.2, 0.25) is 0 Å². The monoisotopic (exact) mass is 228 g/mol. The van der Waals surface area contributed by atoms with Gasteiger partial charge < -0.3 is 10.3 Å². The van der Waals surface area contributed by atoms with E-state index in [-0.39, 0.29) is 0 Å². The maximum Gasteiger partial charge on any atom is 0.0480 e. The molecule has 0 radical (unpaired) electrons. The van der Waals surface area contributed by atoms with Crippen LogP contribution in [0.5, 0.6) is 0 Å². The first-order chi connectivity index (χ1) is 8.36. The normalized spacial score (nSPS) is 16.3. The largest absolute Gasteiger partial charge is 0.347 e. The van der Waals surface area contributed by atoms with Gasteiger partial charge in [0.05, 0.1) is 0 Å². The smallest absolute Gasteiger partial charge is 0.0480 e. The molecule has 0 saturated heterocycles. The molecule has 0 unspecified atom stereocenters. The van der Waals surface area contributed by atoms with Crippen LogP contribution in [0.4, 0.5) is 0 Å². The van der Waals surface area contributed by atoms with E-state index >= 15 is 0 Å². The Morgan fingerprint density at radius 3 is 2.82 bits per heavy atom. The minimum Gasteiger partial charge on any atom is -0.347 e. The first-order valence-corrected chi connectivity index (χ1v) is 6.64. The lowest BCUT2D eigenvalue weighted by Crippen LogP contribution is -2.17. The molecule has 3 rings (SSSR count). The van der Waals surface area contributed by atoms with Gasteiger partial charge in [0.2, 0.25) is 0 Å². The van der Waals surface area contributed by atoms with E-state index in [1.807, 2.05) is 0 Å². The fourth-order valence-corrected chi connectivity index (χ4v) is 2.68. The van der Waals surface area contributed by atoms with Gasteiger partial charge in [-0.25, -0.2) is 0 Å². The van der Waals surface area contributed by atoms with Crippen molar-refractivity contribution >= 4 is 10.9 Å². The van der Waals surface area contributed by atoms with Gasteiger partial charge in [0.15, 0.2) is 0 Å². The fourth-order valence-electron chi connectivity index (χ4n) is 2.68. The van der Waals surface area contributed by atoms with Crippen molar-refractivity contribution in [2.75, 3.05) is 6.54 Å². The van der Waals surface area contributed by atoms with E-state index in [9.17, 15) is 0 Å². The summed E-state index contributed by atoms with van der Waals surface area (Å²) in [5, 5.41) is 1.36. The van der Waals surface area contributed by atoms with Crippen LogP contribution in [-0.2, 0) is 13.0 Å². The molecule has 1 fully saturated rings. The molecule has 2 heteroatoms. The molecule has 0 bridgehead atoms. The van der Waals surface area contributed by atoms with Crippen LogP contribution in [0, 0.1) is 5.92 Å². The molecule has 1 aliphatic carbocycles. The Hall–Kier alpha value is -1.28. The minimum atomic E-state index is 0.730. The second-order valence-electron chi connectivity index (χ2n) is 5.20. The number of fused-ring (bicyclic) bond motifs is 1. The number of hydrogen-bond acceptors (Lipinski definition) is 1. The number of benzene rings is 1. The summed E-state index contributed by atoms with van der Waals surface area (Å²) < 4.78 is 2.41. The SMILES string of the molecule is NCCc1ccc2c(ccn2CC2CCC2)c1. The summed E-state index contributed by atoms with van der Waals surface area (Å²) in [6.45, 7) is 1.92. The second-order valence-corrected chi connectivity index (χ2v) is 5.20. The Morgan fingerprint density at radius 1 is 1.24 bits per heavy atom. The summed E-state index contributed by atoms with van der Waals surface area (Å²) >= 11 is 0. The summed E-state index contributed by atoms with van der Waals surface area (Å²) in [7, 11) is 0. The number of hydrogen-bond donors (Lipinski definition) is 1. The maximum atomic E-state index is 5.60. The van der Waals surface area contributed by atoms with Crippen LogP contribution in [-0.4, -0.2) is 11.1 Å². The van der Waals surface area contributed by atoms with Crippen LogP contribution in [0.25, 0.3) is 10.9 Å². The highest BCUT2D eigenvalue weighted by Crippen LogP contribution is 2.29. The number of rotatable bonds is 4. The first kappa shape index (κ1) is 10.8. The Kier molecular flexibility index (Phi) is 2.89. The van der Waals surface area contributed by atoms with Crippen LogP contribution in [0.3, 0.4) is 0 Å². The van der Waals surface area contributed by atoms with E-state index in [0.717, 1.165) is 18.9 Å². The fraction of sp³-hybridized carbons (Fsp3) is 0.467. The molecule has 0 aliphatic heterocycles. The molecule has 2 nitrogen and oxygen atoms in total. The molecule has 0 atom stereocenters. The van der Waals surface area contributed by atoms with Crippen molar-refractivity contribution in [2.45, 2.75) is 32.2 Å². The van der Waals surface area contributed by atoms with Gasteiger partial charge in [-0.1, -0.05) is 12.5 Å². The number of nitrogens with zero attached hydrogens (tertiary/aromatic N) is 1. The highest BCUT2D eigenvalue weighted by molar-refractivity contribution is 5.80. The highest BCUT2D eigenvalue weighted by Gasteiger charge is 2.18. The second kappa shape index (κ2) is 4.53. The Labute approximate surface area is 102 Å². The van der Waals surface area contributed by atoms with Gasteiger partial charge in [-0.2, -0.15) is 0 Å². The molecular formula is C15H20N2. The Balaban J connectivity index is 1.87. The average molecular weight is 228 g/mol. The molecule has 1 aromatic heterocycles. The van der Waals surface area contributed by atoms with Crippen LogP contribution >= 0.6 is 0 Å². The van der Waals surface area contributed by atoms with E-state index < -0.39 is 0 Å².